The molecule has 5 rings (SSSR count). The van der Waals surface area contributed by atoms with Gasteiger partial charge in [-0.3, -0.25) is 4.79 Å². The van der Waals surface area contributed by atoms with Gasteiger partial charge >= 0.3 is 0 Å². The van der Waals surface area contributed by atoms with Crippen LogP contribution in [0, 0.1) is 0 Å². The van der Waals surface area contributed by atoms with Crippen molar-refractivity contribution in [2.24, 2.45) is 0 Å². The Morgan fingerprint density at radius 2 is 2.14 bits per heavy atom. The molecule has 1 aliphatic heterocycles. The average Bonchev–Trinajstić information content (AvgIpc) is 3.00. The molecule has 0 atom stereocenters. The molecule has 3 aromatic rings. The van der Waals surface area contributed by atoms with E-state index >= 15 is 0 Å². The largest absolute Gasteiger partial charge is 0.454 e. The van der Waals surface area contributed by atoms with Crippen LogP contribution >= 0.6 is 11.3 Å². The Bertz CT molecular complexity index is 910. The van der Waals surface area contributed by atoms with Gasteiger partial charge in [-0.2, -0.15) is 9.61 Å². The van der Waals surface area contributed by atoms with Gasteiger partial charge < -0.3 is 9.47 Å². The number of carbonyl (C=O) groups is 1. The van der Waals surface area contributed by atoms with Crippen LogP contribution in [0.5, 0.6) is 11.5 Å². The lowest BCUT2D eigenvalue weighted by molar-refractivity contribution is 0.111. The normalized spacial score (nSPS) is 16.4. The van der Waals surface area contributed by atoms with E-state index in [0.717, 1.165) is 21.8 Å². The SMILES string of the molecule is O=Cc1c(-c2ccc3c(c2)OCO3)nc2sc(C3CC3)nn12. The molecule has 0 radical (unpaired) electrons. The first-order valence-corrected chi connectivity index (χ1v) is 7.90. The van der Waals surface area contributed by atoms with Crippen molar-refractivity contribution in [2.75, 3.05) is 6.79 Å². The first-order valence-electron chi connectivity index (χ1n) is 7.08. The quantitative estimate of drug-likeness (QED) is 0.696. The summed E-state index contributed by atoms with van der Waals surface area (Å²) in [5, 5.41) is 5.62. The van der Waals surface area contributed by atoms with Crippen molar-refractivity contribution in [1.29, 1.82) is 0 Å². The summed E-state index contributed by atoms with van der Waals surface area (Å²) in [6.07, 6.45) is 3.18. The lowest BCUT2D eigenvalue weighted by Gasteiger charge is -2.01. The predicted octanol–water partition coefficient (Wildman–Crippen LogP) is 2.88. The summed E-state index contributed by atoms with van der Waals surface area (Å²) in [5.41, 5.74) is 1.95. The van der Waals surface area contributed by atoms with E-state index < -0.39 is 0 Å². The van der Waals surface area contributed by atoms with E-state index in [2.05, 4.69) is 10.1 Å². The molecule has 110 valence electrons. The van der Waals surface area contributed by atoms with Gasteiger partial charge in [-0.25, -0.2) is 4.98 Å². The Kier molecular flexibility index (Phi) is 2.38. The third-order valence-corrected chi connectivity index (χ3v) is 5.01. The van der Waals surface area contributed by atoms with Gasteiger partial charge in [-0.05, 0) is 31.0 Å². The fraction of sp³-hybridized carbons (Fsp3) is 0.267. The number of hydrogen-bond acceptors (Lipinski definition) is 6. The number of nitrogens with zero attached hydrogens (tertiary/aromatic N) is 3. The van der Waals surface area contributed by atoms with Crippen LogP contribution < -0.4 is 9.47 Å². The van der Waals surface area contributed by atoms with Crippen LogP contribution in [0.4, 0.5) is 0 Å². The molecule has 0 N–H and O–H groups in total. The van der Waals surface area contributed by atoms with Crippen molar-refractivity contribution in [2.45, 2.75) is 18.8 Å². The minimum absolute atomic E-state index is 0.226. The smallest absolute Gasteiger partial charge is 0.231 e. The summed E-state index contributed by atoms with van der Waals surface area (Å²) < 4.78 is 12.4. The van der Waals surface area contributed by atoms with Gasteiger partial charge in [0.2, 0.25) is 11.8 Å². The second-order valence-corrected chi connectivity index (χ2v) is 6.43. The van der Waals surface area contributed by atoms with Crippen molar-refractivity contribution >= 4 is 22.6 Å². The average molecular weight is 313 g/mol. The zero-order valence-electron chi connectivity index (χ0n) is 11.5. The highest BCUT2D eigenvalue weighted by molar-refractivity contribution is 7.16. The molecule has 1 aromatic carbocycles. The van der Waals surface area contributed by atoms with E-state index in [1.807, 2.05) is 18.2 Å². The number of hydrogen-bond donors (Lipinski definition) is 0. The standard InChI is InChI=1S/C15H11N3O3S/c19-6-10-13(9-3-4-11-12(5-9)21-7-20-11)16-15-18(10)17-14(22-15)8-1-2-8/h3-6,8H,1-2,7H2. The van der Waals surface area contributed by atoms with Gasteiger partial charge in [-0.1, -0.05) is 11.3 Å². The van der Waals surface area contributed by atoms with E-state index in [4.69, 9.17) is 9.47 Å². The second kappa shape index (κ2) is 4.30. The molecule has 2 aliphatic rings. The van der Waals surface area contributed by atoms with Crippen molar-refractivity contribution < 1.29 is 14.3 Å². The third-order valence-electron chi connectivity index (χ3n) is 3.94. The molecule has 7 heteroatoms. The van der Waals surface area contributed by atoms with Gasteiger partial charge in [0, 0.05) is 11.5 Å². The van der Waals surface area contributed by atoms with E-state index in [-0.39, 0.29) is 6.79 Å². The maximum atomic E-state index is 11.6. The number of ether oxygens (including phenoxy) is 2. The highest BCUT2D eigenvalue weighted by Crippen LogP contribution is 2.43. The lowest BCUT2D eigenvalue weighted by atomic mass is 10.1. The lowest BCUT2D eigenvalue weighted by Crippen LogP contribution is -1.95. The number of fused-ring (bicyclic) bond motifs is 2. The van der Waals surface area contributed by atoms with Crippen molar-refractivity contribution in [3.05, 3.63) is 28.9 Å². The molecule has 0 spiro atoms. The maximum Gasteiger partial charge on any atom is 0.231 e. The highest BCUT2D eigenvalue weighted by Gasteiger charge is 2.29. The Morgan fingerprint density at radius 1 is 1.27 bits per heavy atom. The zero-order chi connectivity index (χ0) is 14.7. The number of aromatic nitrogens is 3. The number of benzene rings is 1. The molecule has 0 saturated heterocycles. The van der Waals surface area contributed by atoms with Crippen LogP contribution in [0.3, 0.4) is 0 Å². The van der Waals surface area contributed by atoms with Crippen LogP contribution in [-0.2, 0) is 0 Å². The van der Waals surface area contributed by atoms with Gasteiger partial charge in [0.15, 0.2) is 17.8 Å². The van der Waals surface area contributed by atoms with Gasteiger partial charge in [0.1, 0.15) is 16.4 Å². The molecule has 1 fully saturated rings. The molecule has 0 unspecified atom stereocenters. The molecule has 0 bridgehead atoms. The van der Waals surface area contributed by atoms with Crippen LogP contribution in [0.2, 0.25) is 0 Å². The molecular weight excluding hydrogens is 302 g/mol. The van der Waals surface area contributed by atoms with Crippen LogP contribution in [-0.4, -0.2) is 27.7 Å². The fourth-order valence-electron chi connectivity index (χ4n) is 2.64. The van der Waals surface area contributed by atoms with Gasteiger partial charge in [0.25, 0.3) is 0 Å². The van der Waals surface area contributed by atoms with Crippen LogP contribution in [0.25, 0.3) is 16.2 Å². The Balaban J connectivity index is 1.67. The molecular formula is C15H11N3O3S. The molecule has 1 aliphatic carbocycles. The van der Waals surface area contributed by atoms with Crippen molar-refractivity contribution in [3.63, 3.8) is 0 Å². The summed E-state index contributed by atoms with van der Waals surface area (Å²) in [6, 6.07) is 5.57. The minimum atomic E-state index is 0.226. The summed E-state index contributed by atoms with van der Waals surface area (Å²) in [7, 11) is 0. The van der Waals surface area contributed by atoms with Crippen LogP contribution in [0.15, 0.2) is 18.2 Å². The van der Waals surface area contributed by atoms with Gasteiger partial charge in [-0.15, -0.1) is 0 Å². The molecule has 3 heterocycles. The molecule has 2 aromatic heterocycles. The first-order chi connectivity index (χ1) is 10.8. The summed E-state index contributed by atoms with van der Waals surface area (Å²) in [6.45, 7) is 0.226. The first kappa shape index (κ1) is 12.2. The summed E-state index contributed by atoms with van der Waals surface area (Å²) >= 11 is 1.56. The number of imidazole rings is 1. The van der Waals surface area contributed by atoms with E-state index in [9.17, 15) is 4.79 Å². The molecule has 0 amide bonds. The van der Waals surface area contributed by atoms with Crippen molar-refractivity contribution in [3.8, 4) is 22.8 Å². The minimum Gasteiger partial charge on any atom is -0.454 e. The number of rotatable bonds is 3. The fourth-order valence-corrected chi connectivity index (χ4v) is 3.71. The summed E-state index contributed by atoms with van der Waals surface area (Å²) in [5.74, 6) is 1.95. The monoisotopic (exact) mass is 313 g/mol. The zero-order valence-corrected chi connectivity index (χ0v) is 12.3. The molecule has 22 heavy (non-hydrogen) atoms. The molecule has 1 saturated carbocycles. The van der Waals surface area contributed by atoms with E-state index in [1.165, 1.54) is 12.8 Å². The van der Waals surface area contributed by atoms with Gasteiger partial charge in [0.05, 0.1) is 0 Å². The van der Waals surface area contributed by atoms with Crippen LogP contribution in [0.1, 0.15) is 34.3 Å². The van der Waals surface area contributed by atoms with E-state index in [1.54, 1.807) is 15.9 Å². The Labute approximate surface area is 129 Å². The maximum absolute atomic E-state index is 11.6. The predicted molar refractivity (Wildman–Crippen MR) is 79.8 cm³/mol. The summed E-state index contributed by atoms with van der Waals surface area (Å²) in [4.78, 5) is 16.9. The van der Waals surface area contributed by atoms with E-state index in [0.29, 0.717) is 28.8 Å². The number of aldehydes is 1. The Morgan fingerprint density at radius 3 is 2.95 bits per heavy atom. The Hall–Kier alpha value is -2.41. The molecule has 6 nitrogen and oxygen atoms in total. The number of carbonyl (C=O) groups excluding carboxylic acids is 1. The van der Waals surface area contributed by atoms with Crippen molar-refractivity contribution in [1.82, 2.24) is 14.6 Å². The highest BCUT2D eigenvalue weighted by atomic mass is 32.1. The second-order valence-electron chi connectivity index (χ2n) is 5.44. The third kappa shape index (κ3) is 1.69. The topological polar surface area (TPSA) is 65.7 Å².